The first-order chi connectivity index (χ1) is 12.1. The van der Waals surface area contributed by atoms with E-state index in [9.17, 15) is 4.79 Å². The molecule has 0 fully saturated rings. The highest BCUT2D eigenvalue weighted by molar-refractivity contribution is 6.02. The number of rotatable bonds is 7. The second-order valence-electron chi connectivity index (χ2n) is 5.83. The Balaban J connectivity index is 2.17. The fourth-order valence-electron chi connectivity index (χ4n) is 2.57. The van der Waals surface area contributed by atoms with Crippen LogP contribution < -0.4 is 14.8 Å². The van der Waals surface area contributed by atoms with Crippen LogP contribution in [0.5, 0.6) is 11.5 Å². The fraction of sp³-hybridized carbons (Fsp3) is 0.286. The van der Waals surface area contributed by atoms with Crippen LogP contribution in [0.15, 0.2) is 48.5 Å². The summed E-state index contributed by atoms with van der Waals surface area (Å²) >= 11 is 0. The summed E-state index contributed by atoms with van der Waals surface area (Å²) < 4.78 is 10.5. The third kappa shape index (κ3) is 4.86. The Hall–Kier alpha value is -2.75. The van der Waals surface area contributed by atoms with Crippen molar-refractivity contribution in [2.75, 3.05) is 19.5 Å². The van der Waals surface area contributed by atoms with Crippen molar-refractivity contribution in [1.82, 2.24) is 0 Å². The minimum atomic E-state index is -0.180. The molecule has 0 spiro atoms. The third-order valence-corrected chi connectivity index (χ3v) is 4.21. The molecular formula is C21H25NO3. The van der Waals surface area contributed by atoms with Crippen molar-refractivity contribution in [1.29, 1.82) is 0 Å². The fourth-order valence-corrected chi connectivity index (χ4v) is 2.57. The average molecular weight is 339 g/mol. The number of ether oxygens (including phenoxy) is 2. The van der Waals surface area contributed by atoms with Gasteiger partial charge in [-0.3, -0.25) is 4.79 Å². The topological polar surface area (TPSA) is 47.6 Å². The number of benzene rings is 2. The molecular weight excluding hydrogens is 314 g/mol. The molecule has 2 aromatic carbocycles. The smallest absolute Gasteiger partial charge is 0.248 e. The van der Waals surface area contributed by atoms with Crippen molar-refractivity contribution in [2.24, 2.45) is 0 Å². The van der Waals surface area contributed by atoms with E-state index in [0.717, 1.165) is 23.2 Å². The molecule has 0 bridgehead atoms. The number of methoxy groups -OCH3 is 2. The summed E-state index contributed by atoms with van der Waals surface area (Å²) in [5, 5.41) is 2.96. The van der Waals surface area contributed by atoms with Gasteiger partial charge in [0.2, 0.25) is 5.91 Å². The maximum absolute atomic E-state index is 12.3. The van der Waals surface area contributed by atoms with Gasteiger partial charge in [-0.05, 0) is 48.2 Å². The van der Waals surface area contributed by atoms with Crippen molar-refractivity contribution >= 4 is 17.7 Å². The largest absolute Gasteiger partial charge is 0.497 e. The molecule has 1 N–H and O–H groups in total. The van der Waals surface area contributed by atoms with Gasteiger partial charge < -0.3 is 14.8 Å². The number of nitrogens with one attached hydrogen (secondary N) is 1. The summed E-state index contributed by atoms with van der Waals surface area (Å²) in [6.07, 6.45) is 4.25. The maximum atomic E-state index is 12.3. The Morgan fingerprint density at radius 1 is 1.16 bits per heavy atom. The molecule has 2 aromatic rings. The molecule has 25 heavy (non-hydrogen) atoms. The van der Waals surface area contributed by atoms with E-state index in [1.54, 1.807) is 20.3 Å². The number of carbonyl (C=O) groups is 1. The number of hydrogen-bond acceptors (Lipinski definition) is 3. The minimum Gasteiger partial charge on any atom is -0.497 e. The minimum absolute atomic E-state index is 0.180. The summed E-state index contributed by atoms with van der Waals surface area (Å²) in [5.74, 6) is 1.60. The summed E-state index contributed by atoms with van der Waals surface area (Å²) in [6.45, 7) is 4.29. The van der Waals surface area contributed by atoms with Crippen molar-refractivity contribution in [3.63, 3.8) is 0 Å². The normalized spacial score (nSPS) is 12.0. The molecule has 0 radical (unpaired) electrons. The summed E-state index contributed by atoms with van der Waals surface area (Å²) in [4.78, 5) is 12.3. The lowest BCUT2D eigenvalue weighted by atomic mass is 9.97. The lowest BCUT2D eigenvalue weighted by Crippen LogP contribution is -2.10. The zero-order chi connectivity index (χ0) is 18.2. The molecule has 2 rings (SSSR count). The van der Waals surface area contributed by atoms with Gasteiger partial charge in [-0.1, -0.05) is 32.0 Å². The molecule has 0 saturated carbocycles. The van der Waals surface area contributed by atoms with E-state index in [1.165, 1.54) is 6.08 Å². The van der Waals surface area contributed by atoms with Crippen LogP contribution in [0.25, 0.3) is 6.08 Å². The third-order valence-electron chi connectivity index (χ3n) is 4.21. The van der Waals surface area contributed by atoms with Gasteiger partial charge in [0.1, 0.15) is 11.5 Å². The van der Waals surface area contributed by atoms with E-state index in [0.29, 0.717) is 17.4 Å². The van der Waals surface area contributed by atoms with Crippen LogP contribution in [0.1, 0.15) is 37.3 Å². The highest BCUT2D eigenvalue weighted by Crippen LogP contribution is 2.27. The van der Waals surface area contributed by atoms with Gasteiger partial charge in [0.15, 0.2) is 0 Å². The monoisotopic (exact) mass is 339 g/mol. The standard InChI is InChI=1S/C21H25NO3/c1-5-15(2)18-8-6-7-9-19(18)22-21(23)13-10-16-14-17(24-3)11-12-20(16)25-4/h6-15H,5H2,1-4H3,(H,22,23)/b13-10+/t15-/m0/s1. The maximum Gasteiger partial charge on any atom is 0.248 e. The number of carbonyl (C=O) groups excluding carboxylic acids is 1. The second kappa shape index (κ2) is 8.92. The van der Waals surface area contributed by atoms with Gasteiger partial charge in [0, 0.05) is 17.3 Å². The lowest BCUT2D eigenvalue weighted by Gasteiger charge is -2.14. The second-order valence-corrected chi connectivity index (χ2v) is 5.83. The molecule has 0 aromatic heterocycles. The quantitative estimate of drug-likeness (QED) is 0.732. The highest BCUT2D eigenvalue weighted by atomic mass is 16.5. The Bertz CT molecular complexity index is 753. The van der Waals surface area contributed by atoms with Gasteiger partial charge in [-0.25, -0.2) is 0 Å². The molecule has 0 aliphatic rings. The number of para-hydroxylation sites is 1. The summed E-state index contributed by atoms with van der Waals surface area (Å²) in [7, 11) is 3.20. The van der Waals surface area contributed by atoms with Crippen molar-refractivity contribution < 1.29 is 14.3 Å². The van der Waals surface area contributed by atoms with Gasteiger partial charge in [0.25, 0.3) is 0 Å². The van der Waals surface area contributed by atoms with Crippen LogP contribution in [0.2, 0.25) is 0 Å². The number of anilines is 1. The summed E-state index contributed by atoms with van der Waals surface area (Å²) in [6, 6.07) is 13.4. The van der Waals surface area contributed by atoms with Crippen LogP contribution in [-0.2, 0) is 4.79 Å². The number of hydrogen-bond donors (Lipinski definition) is 1. The van der Waals surface area contributed by atoms with E-state index in [2.05, 4.69) is 25.2 Å². The zero-order valence-corrected chi connectivity index (χ0v) is 15.2. The molecule has 0 heterocycles. The van der Waals surface area contributed by atoms with E-state index < -0.39 is 0 Å². The van der Waals surface area contributed by atoms with Crippen molar-refractivity contribution in [3.05, 3.63) is 59.7 Å². The number of amides is 1. The highest BCUT2D eigenvalue weighted by Gasteiger charge is 2.10. The van der Waals surface area contributed by atoms with Crippen molar-refractivity contribution in [3.8, 4) is 11.5 Å². The Labute approximate surface area is 149 Å². The predicted molar refractivity (Wildman–Crippen MR) is 102 cm³/mol. The molecule has 1 atom stereocenters. The SMILES string of the molecule is CC[C@H](C)c1ccccc1NC(=O)/C=C/c1cc(OC)ccc1OC. The first-order valence-electron chi connectivity index (χ1n) is 8.39. The van der Waals surface area contributed by atoms with Crippen LogP contribution in [0, 0.1) is 0 Å². The predicted octanol–water partition coefficient (Wildman–Crippen LogP) is 4.87. The molecule has 4 nitrogen and oxygen atoms in total. The first-order valence-corrected chi connectivity index (χ1v) is 8.39. The first kappa shape index (κ1) is 18.6. The molecule has 0 unspecified atom stereocenters. The van der Waals surface area contributed by atoms with E-state index in [4.69, 9.17) is 9.47 Å². The van der Waals surface area contributed by atoms with Crippen LogP contribution in [-0.4, -0.2) is 20.1 Å². The van der Waals surface area contributed by atoms with Gasteiger partial charge in [-0.2, -0.15) is 0 Å². The van der Waals surface area contributed by atoms with Gasteiger partial charge >= 0.3 is 0 Å². The molecule has 1 amide bonds. The zero-order valence-electron chi connectivity index (χ0n) is 15.2. The van der Waals surface area contributed by atoms with Crippen molar-refractivity contribution in [2.45, 2.75) is 26.2 Å². The molecule has 4 heteroatoms. The Morgan fingerprint density at radius 2 is 1.92 bits per heavy atom. The summed E-state index contributed by atoms with van der Waals surface area (Å²) in [5.41, 5.74) is 2.78. The van der Waals surface area contributed by atoms with E-state index in [1.807, 2.05) is 36.4 Å². The van der Waals surface area contributed by atoms with Crippen LogP contribution in [0.3, 0.4) is 0 Å². The van der Waals surface area contributed by atoms with E-state index in [-0.39, 0.29) is 5.91 Å². The van der Waals surface area contributed by atoms with Crippen LogP contribution >= 0.6 is 0 Å². The van der Waals surface area contributed by atoms with Gasteiger partial charge in [0.05, 0.1) is 14.2 Å². The molecule has 0 aliphatic carbocycles. The van der Waals surface area contributed by atoms with Gasteiger partial charge in [-0.15, -0.1) is 0 Å². The average Bonchev–Trinajstić information content (AvgIpc) is 2.65. The molecule has 0 saturated heterocycles. The lowest BCUT2D eigenvalue weighted by molar-refractivity contribution is -0.111. The van der Waals surface area contributed by atoms with E-state index >= 15 is 0 Å². The Morgan fingerprint density at radius 3 is 2.60 bits per heavy atom. The molecule has 0 aliphatic heterocycles. The molecule has 132 valence electrons. The Kier molecular flexibility index (Phi) is 6.63. The van der Waals surface area contributed by atoms with Crippen LogP contribution in [0.4, 0.5) is 5.69 Å².